The van der Waals surface area contributed by atoms with Crippen LogP contribution in [-0.4, -0.2) is 6.61 Å². The Morgan fingerprint density at radius 1 is 1.14 bits per heavy atom. The SMILES string of the molecule is CCCOc1ccc(Cl)cc1NCc1ccc(Cl)c(Br)c1. The summed E-state index contributed by atoms with van der Waals surface area (Å²) >= 11 is 15.5. The lowest BCUT2D eigenvalue weighted by molar-refractivity contribution is 0.319. The average Bonchev–Trinajstić information content (AvgIpc) is 2.47. The third-order valence-corrected chi connectivity index (χ3v) is 4.32. The number of nitrogens with one attached hydrogen (secondary N) is 1. The zero-order valence-electron chi connectivity index (χ0n) is 11.6. The third kappa shape index (κ3) is 4.80. The Morgan fingerprint density at radius 2 is 1.95 bits per heavy atom. The van der Waals surface area contributed by atoms with Gasteiger partial charge in [0.25, 0.3) is 0 Å². The lowest BCUT2D eigenvalue weighted by Crippen LogP contribution is -2.03. The molecule has 0 aliphatic carbocycles. The maximum atomic E-state index is 6.06. The molecule has 5 heteroatoms. The molecule has 0 saturated heterocycles. The van der Waals surface area contributed by atoms with Gasteiger partial charge in [0.2, 0.25) is 0 Å². The second-order valence-electron chi connectivity index (χ2n) is 4.59. The van der Waals surface area contributed by atoms with Gasteiger partial charge >= 0.3 is 0 Å². The topological polar surface area (TPSA) is 21.3 Å². The van der Waals surface area contributed by atoms with E-state index in [9.17, 15) is 0 Å². The van der Waals surface area contributed by atoms with Crippen molar-refractivity contribution in [2.75, 3.05) is 11.9 Å². The summed E-state index contributed by atoms with van der Waals surface area (Å²) in [5, 5.41) is 4.73. The number of benzene rings is 2. The molecule has 21 heavy (non-hydrogen) atoms. The van der Waals surface area contributed by atoms with Crippen molar-refractivity contribution in [1.29, 1.82) is 0 Å². The van der Waals surface area contributed by atoms with Gasteiger partial charge in [-0.2, -0.15) is 0 Å². The second-order valence-corrected chi connectivity index (χ2v) is 6.29. The van der Waals surface area contributed by atoms with Crippen LogP contribution in [-0.2, 0) is 6.54 Å². The van der Waals surface area contributed by atoms with Crippen molar-refractivity contribution in [3.8, 4) is 5.75 Å². The average molecular weight is 389 g/mol. The van der Waals surface area contributed by atoms with Crippen LogP contribution >= 0.6 is 39.1 Å². The Kier molecular flexibility index (Phi) is 6.22. The molecule has 0 aliphatic rings. The molecular formula is C16H16BrCl2NO. The van der Waals surface area contributed by atoms with Crippen LogP contribution < -0.4 is 10.1 Å². The lowest BCUT2D eigenvalue weighted by Gasteiger charge is -2.13. The van der Waals surface area contributed by atoms with E-state index in [0.29, 0.717) is 23.2 Å². The van der Waals surface area contributed by atoms with E-state index < -0.39 is 0 Å². The maximum absolute atomic E-state index is 6.06. The number of hydrogen-bond donors (Lipinski definition) is 1. The summed E-state index contributed by atoms with van der Waals surface area (Å²) in [6.07, 6.45) is 0.964. The minimum absolute atomic E-state index is 0.665. The second kappa shape index (κ2) is 7.92. The van der Waals surface area contributed by atoms with Crippen LogP contribution in [0, 0.1) is 0 Å². The monoisotopic (exact) mass is 387 g/mol. The van der Waals surface area contributed by atoms with Gasteiger partial charge in [-0.25, -0.2) is 0 Å². The van der Waals surface area contributed by atoms with Gasteiger partial charge in [0.05, 0.1) is 17.3 Å². The summed E-state index contributed by atoms with van der Waals surface area (Å²) in [6, 6.07) is 11.4. The minimum Gasteiger partial charge on any atom is -0.491 e. The lowest BCUT2D eigenvalue weighted by atomic mass is 10.2. The molecular weight excluding hydrogens is 373 g/mol. The van der Waals surface area contributed by atoms with Crippen LogP contribution in [0.15, 0.2) is 40.9 Å². The van der Waals surface area contributed by atoms with E-state index in [4.69, 9.17) is 27.9 Å². The van der Waals surface area contributed by atoms with Gasteiger partial charge in [-0.05, 0) is 58.2 Å². The Morgan fingerprint density at radius 3 is 2.67 bits per heavy atom. The molecule has 0 aromatic heterocycles. The van der Waals surface area contributed by atoms with Crippen molar-refractivity contribution < 1.29 is 4.74 Å². The van der Waals surface area contributed by atoms with Crippen LogP contribution in [0.2, 0.25) is 10.0 Å². The van der Waals surface area contributed by atoms with Gasteiger partial charge in [0, 0.05) is 16.0 Å². The van der Waals surface area contributed by atoms with Gasteiger partial charge in [0.15, 0.2) is 0 Å². The molecule has 0 amide bonds. The fourth-order valence-corrected chi connectivity index (χ4v) is 2.54. The van der Waals surface area contributed by atoms with Crippen molar-refractivity contribution in [3.63, 3.8) is 0 Å². The molecule has 0 fully saturated rings. The summed E-state index contributed by atoms with van der Waals surface area (Å²) in [5.74, 6) is 0.814. The molecule has 112 valence electrons. The van der Waals surface area contributed by atoms with Crippen LogP contribution in [0.4, 0.5) is 5.69 Å². The molecule has 0 atom stereocenters. The zero-order chi connectivity index (χ0) is 15.2. The molecule has 0 spiro atoms. The van der Waals surface area contributed by atoms with Crippen LogP contribution in [0.25, 0.3) is 0 Å². The summed E-state index contributed by atoms with van der Waals surface area (Å²) in [4.78, 5) is 0. The van der Waals surface area contributed by atoms with E-state index in [1.165, 1.54) is 0 Å². The summed E-state index contributed by atoms with van der Waals surface area (Å²) in [5.41, 5.74) is 2.01. The van der Waals surface area contributed by atoms with Crippen molar-refractivity contribution in [2.45, 2.75) is 19.9 Å². The van der Waals surface area contributed by atoms with E-state index >= 15 is 0 Å². The highest BCUT2D eigenvalue weighted by Crippen LogP contribution is 2.29. The van der Waals surface area contributed by atoms with Crippen molar-refractivity contribution in [3.05, 3.63) is 56.5 Å². The molecule has 0 saturated carbocycles. The van der Waals surface area contributed by atoms with Crippen molar-refractivity contribution >= 4 is 44.8 Å². The number of ether oxygens (including phenoxy) is 1. The molecule has 0 radical (unpaired) electrons. The first-order valence-corrected chi connectivity index (χ1v) is 8.25. The van der Waals surface area contributed by atoms with Crippen LogP contribution in [0.5, 0.6) is 5.75 Å². The maximum Gasteiger partial charge on any atom is 0.142 e. The summed E-state index contributed by atoms with van der Waals surface area (Å²) in [6.45, 7) is 3.43. The molecule has 0 heterocycles. The third-order valence-electron chi connectivity index (χ3n) is 2.87. The number of anilines is 1. The highest BCUT2D eigenvalue weighted by atomic mass is 79.9. The quantitative estimate of drug-likeness (QED) is 0.639. The summed E-state index contributed by atoms with van der Waals surface area (Å²) < 4.78 is 6.61. The number of hydrogen-bond acceptors (Lipinski definition) is 2. The zero-order valence-corrected chi connectivity index (χ0v) is 14.7. The Balaban J connectivity index is 2.10. The highest BCUT2D eigenvalue weighted by Gasteiger charge is 2.05. The fourth-order valence-electron chi connectivity index (χ4n) is 1.83. The molecule has 0 aliphatic heterocycles. The first-order chi connectivity index (χ1) is 10.1. The molecule has 2 aromatic carbocycles. The standard InChI is InChI=1S/C16H16BrCl2NO/c1-2-7-21-16-6-4-12(18)9-15(16)20-10-11-3-5-14(19)13(17)8-11/h3-6,8-9,20H,2,7,10H2,1H3. The number of rotatable bonds is 6. The van der Waals surface area contributed by atoms with Crippen LogP contribution in [0.1, 0.15) is 18.9 Å². The van der Waals surface area contributed by atoms with E-state index in [0.717, 1.165) is 27.9 Å². The minimum atomic E-state index is 0.665. The van der Waals surface area contributed by atoms with Gasteiger partial charge in [-0.1, -0.05) is 36.2 Å². The van der Waals surface area contributed by atoms with Crippen molar-refractivity contribution in [2.24, 2.45) is 0 Å². The van der Waals surface area contributed by atoms with E-state index in [1.807, 2.05) is 36.4 Å². The van der Waals surface area contributed by atoms with E-state index in [1.54, 1.807) is 0 Å². The fraction of sp³-hybridized carbons (Fsp3) is 0.250. The Labute approximate surface area is 143 Å². The van der Waals surface area contributed by atoms with Gasteiger partial charge < -0.3 is 10.1 Å². The Bertz CT molecular complexity index is 619. The normalized spacial score (nSPS) is 10.5. The van der Waals surface area contributed by atoms with E-state index in [2.05, 4.69) is 28.2 Å². The molecule has 0 unspecified atom stereocenters. The highest BCUT2D eigenvalue weighted by molar-refractivity contribution is 9.10. The Hall–Kier alpha value is -0.900. The number of halogens is 3. The van der Waals surface area contributed by atoms with Gasteiger partial charge in [-0.3, -0.25) is 0 Å². The molecule has 2 rings (SSSR count). The van der Waals surface area contributed by atoms with Crippen molar-refractivity contribution in [1.82, 2.24) is 0 Å². The van der Waals surface area contributed by atoms with Crippen LogP contribution in [0.3, 0.4) is 0 Å². The molecule has 1 N–H and O–H groups in total. The predicted octanol–water partition coefficient (Wildman–Crippen LogP) is 6.16. The van der Waals surface area contributed by atoms with E-state index in [-0.39, 0.29) is 0 Å². The predicted molar refractivity (Wildman–Crippen MR) is 93.7 cm³/mol. The first-order valence-electron chi connectivity index (χ1n) is 6.70. The first kappa shape index (κ1) is 16.5. The van der Waals surface area contributed by atoms with Gasteiger partial charge in [-0.15, -0.1) is 0 Å². The molecule has 2 nitrogen and oxygen atoms in total. The smallest absolute Gasteiger partial charge is 0.142 e. The van der Waals surface area contributed by atoms with Gasteiger partial charge in [0.1, 0.15) is 5.75 Å². The molecule has 0 bridgehead atoms. The largest absolute Gasteiger partial charge is 0.491 e. The summed E-state index contributed by atoms with van der Waals surface area (Å²) in [7, 11) is 0. The molecule has 2 aromatic rings.